The van der Waals surface area contributed by atoms with Crippen LogP contribution in [0.1, 0.15) is 5.56 Å². The highest BCUT2D eigenvalue weighted by atomic mass is 79.9. The van der Waals surface area contributed by atoms with Crippen LogP contribution in [0.15, 0.2) is 22.8 Å². The van der Waals surface area contributed by atoms with Crippen molar-refractivity contribution in [3.05, 3.63) is 39.2 Å². The molecule has 2 aromatic rings. The van der Waals surface area contributed by atoms with E-state index in [0.29, 0.717) is 22.1 Å². The first-order chi connectivity index (χ1) is 9.01. The fourth-order valence-corrected chi connectivity index (χ4v) is 2.06. The van der Waals surface area contributed by atoms with Gasteiger partial charge in [0.05, 0.1) is 9.50 Å². The lowest BCUT2D eigenvalue weighted by molar-refractivity contribution is 0.451. The summed E-state index contributed by atoms with van der Waals surface area (Å²) in [5, 5.41) is 2.83. The Morgan fingerprint density at radius 2 is 2.16 bits per heavy atom. The van der Waals surface area contributed by atoms with Crippen LogP contribution < -0.4 is 10.1 Å². The molecule has 100 valence electrons. The van der Waals surface area contributed by atoms with Crippen LogP contribution in [-0.4, -0.2) is 17.0 Å². The number of benzene rings is 1. The predicted molar refractivity (Wildman–Crippen MR) is 75.5 cm³/mol. The van der Waals surface area contributed by atoms with Gasteiger partial charge in [-0.25, -0.2) is 9.37 Å². The largest absolute Gasteiger partial charge is 0.437 e. The summed E-state index contributed by atoms with van der Waals surface area (Å²) in [6.07, 6.45) is 1.62. The molecule has 0 aliphatic heterocycles. The van der Waals surface area contributed by atoms with E-state index in [0.717, 1.165) is 5.56 Å². The van der Waals surface area contributed by atoms with Gasteiger partial charge in [0.25, 0.3) is 0 Å². The van der Waals surface area contributed by atoms with Gasteiger partial charge in [-0.05, 0) is 28.9 Å². The lowest BCUT2D eigenvalue weighted by Gasteiger charge is -2.10. The maximum Gasteiger partial charge on any atom is 0.227 e. The second-order valence-corrected chi connectivity index (χ2v) is 4.99. The SMILES string of the molecule is CNc1ncc(C)c(Oc2cc(F)c(Cl)cc2Br)n1. The summed E-state index contributed by atoms with van der Waals surface area (Å²) in [7, 11) is 1.70. The lowest BCUT2D eigenvalue weighted by Crippen LogP contribution is -2.00. The molecule has 1 aromatic carbocycles. The van der Waals surface area contributed by atoms with Gasteiger partial charge in [0.2, 0.25) is 11.8 Å². The van der Waals surface area contributed by atoms with Crippen LogP contribution in [0.5, 0.6) is 11.6 Å². The van der Waals surface area contributed by atoms with Crippen molar-refractivity contribution >= 4 is 33.5 Å². The van der Waals surface area contributed by atoms with E-state index in [2.05, 4.69) is 31.2 Å². The first kappa shape index (κ1) is 14.0. The molecular formula is C12H10BrClFN3O. The summed E-state index contributed by atoms with van der Waals surface area (Å²) >= 11 is 8.94. The molecule has 0 aliphatic carbocycles. The molecule has 1 N–H and O–H groups in total. The molecule has 0 saturated carbocycles. The lowest BCUT2D eigenvalue weighted by atomic mass is 10.3. The molecular weight excluding hydrogens is 337 g/mol. The number of anilines is 1. The maximum absolute atomic E-state index is 13.4. The van der Waals surface area contributed by atoms with Gasteiger partial charge in [-0.2, -0.15) is 4.98 Å². The Kier molecular flexibility index (Phi) is 4.21. The summed E-state index contributed by atoms with van der Waals surface area (Å²) in [4.78, 5) is 8.20. The number of aromatic nitrogens is 2. The molecule has 1 heterocycles. The third-order valence-electron chi connectivity index (χ3n) is 2.33. The first-order valence-electron chi connectivity index (χ1n) is 5.35. The van der Waals surface area contributed by atoms with Crippen LogP contribution >= 0.6 is 27.5 Å². The number of rotatable bonds is 3. The molecule has 2 rings (SSSR count). The minimum absolute atomic E-state index is 0.0227. The molecule has 1 aromatic heterocycles. The molecule has 4 nitrogen and oxygen atoms in total. The van der Waals surface area contributed by atoms with Gasteiger partial charge in [0.1, 0.15) is 11.6 Å². The standard InChI is InChI=1S/C12H10BrClFN3O/c1-6-5-17-12(16-2)18-11(6)19-10-4-9(15)8(14)3-7(10)13/h3-5H,1-2H3,(H,16,17,18). The van der Waals surface area contributed by atoms with Crippen molar-refractivity contribution in [1.82, 2.24) is 9.97 Å². The molecule has 0 aliphatic rings. The summed E-state index contributed by atoms with van der Waals surface area (Å²) in [5.74, 6) is 0.513. The van der Waals surface area contributed by atoms with E-state index in [9.17, 15) is 4.39 Å². The van der Waals surface area contributed by atoms with Crippen LogP contribution in [0.2, 0.25) is 5.02 Å². The Morgan fingerprint density at radius 1 is 1.42 bits per heavy atom. The molecule has 0 amide bonds. The minimum Gasteiger partial charge on any atom is -0.437 e. The van der Waals surface area contributed by atoms with Crippen molar-refractivity contribution in [1.29, 1.82) is 0 Å². The van der Waals surface area contributed by atoms with Gasteiger partial charge in [-0.1, -0.05) is 11.6 Å². The zero-order chi connectivity index (χ0) is 14.0. The van der Waals surface area contributed by atoms with E-state index in [4.69, 9.17) is 16.3 Å². The summed E-state index contributed by atoms with van der Waals surface area (Å²) in [5.41, 5.74) is 0.737. The molecule has 0 bridgehead atoms. The molecule has 19 heavy (non-hydrogen) atoms. The van der Waals surface area contributed by atoms with Crippen LogP contribution in [-0.2, 0) is 0 Å². The highest BCUT2D eigenvalue weighted by molar-refractivity contribution is 9.10. The van der Waals surface area contributed by atoms with Crippen molar-refractivity contribution < 1.29 is 9.13 Å². The van der Waals surface area contributed by atoms with Gasteiger partial charge in [0.15, 0.2) is 0 Å². The second-order valence-electron chi connectivity index (χ2n) is 3.73. The fourth-order valence-electron chi connectivity index (χ4n) is 1.34. The number of aryl methyl sites for hydroxylation is 1. The minimum atomic E-state index is -0.555. The number of hydrogen-bond acceptors (Lipinski definition) is 4. The van der Waals surface area contributed by atoms with Crippen molar-refractivity contribution in [3.8, 4) is 11.6 Å². The van der Waals surface area contributed by atoms with Gasteiger partial charge < -0.3 is 10.1 Å². The molecule has 0 spiro atoms. The number of halogens is 3. The Labute approximate surface area is 123 Å². The van der Waals surface area contributed by atoms with Crippen molar-refractivity contribution in [2.24, 2.45) is 0 Å². The highest BCUT2D eigenvalue weighted by Gasteiger charge is 2.11. The van der Waals surface area contributed by atoms with Gasteiger partial charge in [0, 0.05) is 24.9 Å². The van der Waals surface area contributed by atoms with Crippen molar-refractivity contribution in [2.75, 3.05) is 12.4 Å². The molecule has 0 unspecified atom stereocenters. The van der Waals surface area contributed by atoms with E-state index < -0.39 is 5.82 Å². The van der Waals surface area contributed by atoms with Gasteiger partial charge >= 0.3 is 0 Å². The van der Waals surface area contributed by atoms with Crippen LogP contribution in [0, 0.1) is 12.7 Å². The smallest absolute Gasteiger partial charge is 0.227 e. The van der Waals surface area contributed by atoms with Gasteiger partial charge in [-0.15, -0.1) is 0 Å². The summed E-state index contributed by atoms with van der Waals surface area (Å²) < 4.78 is 19.6. The van der Waals surface area contributed by atoms with Gasteiger partial charge in [-0.3, -0.25) is 0 Å². The molecule has 0 radical (unpaired) electrons. The first-order valence-corrected chi connectivity index (χ1v) is 6.52. The average Bonchev–Trinajstić information content (AvgIpc) is 2.38. The molecule has 7 heteroatoms. The quantitative estimate of drug-likeness (QED) is 0.847. The van der Waals surface area contributed by atoms with E-state index in [-0.39, 0.29) is 5.02 Å². The Balaban J connectivity index is 2.38. The van der Waals surface area contributed by atoms with E-state index in [1.54, 1.807) is 20.2 Å². The van der Waals surface area contributed by atoms with E-state index >= 15 is 0 Å². The Bertz CT molecular complexity index is 624. The van der Waals surface area contributed by atoms with Crippen LogP contribution in [0.4, 0.5) is 10.3 Å². The number of nitrogens with zero attached hydrogens (tertiary/aromatic N) is 2. The number of hydrogen-bond donors (Lipinski definition) is 1. The third kappa shape index (κ3) is 3.13. The molecule has 0 saturated heterocycles. The maximum atomic E-state index is 13.4. The number of nitrogens with one attached hydrogen (secondary N) is 1. The summed E-state index contributed by atoms with van der Waals surface area (Å²) in [6, 6.07) is 2.63. The average molecular weight is 347 g/mol. The topological polar surface area (TPSA) is 47.0 Å². The highest BCUT2D eigenvalue weighted by Crippen LogP contribution is 2.34. The third-order valence-corrected chi connectivity index (χ3v) is 3.24. The van der Waals surface area contributed by atoms with E-state index in [1.165, 1.54) is 12.1 Å². The zero-order valence-electron chi connectivity index (χ0n) is 10.2. The zero-order valence-corrected chi connectivity index (χ0v) is 12.5. The number of ether oxygens (including phenoxy) is 1. The van der Waals surface area contributed by atoms with E-state index in [1.807, 2.05) is 0 Å². The van der Waals surface area contributed by atoms with Crippen molar-refractivity contribution in [3.63, 3.8) is 0 Å². The normalized spacial score (nSPS) is 10.4. The molecule has 0 fully saturated rings. The van der Waals surface area contributed by atoms with Crippen LogP contribution in [0.3, 0.4) is 0 Å². The van der Waals surface area contributed by atoms with Crippen molar-refractivity contribution in [2.45, 2.75) is 6.92 Å². The van der Waals surface area contributed by atoms with Crippen LogP contribution in [0.25, 0.3) is 0 Å². The Hall–Kier alpha value is -1.40. The predicted octanol–water partition coefficient (Wildman–Crippen LogP) is 4.17. The Morgan fingerprint density at radius 3 is 2.84 bits per heavy atom. The monoisotopic (exact) mass is 345 g/mol. The fraction of sp³-hybridized carbons (Fsp3) is 0.167. The summed E-state index contributed by atoms with van der Waals surface area (Å²) in [6.45, 7) is 1.80. The second kappa shape index (κ2) is 5.71. The molecule has 0 atom stereocenters.